The highest BCUT2D eigenvalue weighted by atomic mass is 27.1. The molecule has 2 N–H and O–H groups in total. The number of amides is 1. The van der Waals surface area contributed by atoms with Crippen molar-refractivity contribution in [3.63, 3.8) is 0 Å². The number of nitrogens with zero attached hydrogens (tertiary/aromatic N) is 1. The van der Waals surface area contributed by atoms with Gasteiger partial charge in [-0.25, -0.2) is 4.79 Å². The Morgan fingerprint density at radius 3 is 1.89 bits per heavy atom. The van der Waals surface area contributed by atoms with Crippen LogP contribution in [0.3, 0.4) is 0 Å². The maximum Gasteiger partial charge on any atom is 0.410 e. The molecule has 1 saturated heterocycles. The topological polar surface area (TPSA) is 70.0 Å². The first-order valence-corrected chi connectivity index (χ1v) is 12.6. The number of rotatable bonds is 7. The van der Waals surface area contributed by atoms with Gasteiger partial charge in [0, 0.05) is 26.3 Å². The highest BCUT2D eigenvalue weighted by Gasteiger charge is 2.36. The summed E-state index contributed by atoms with van der Waals surface area (Å²) in [5.41, 5.74) is -0.707. The lowest BCUT2D eigenvalue weighted by molar-refractivity contribution is -0.00653. The molecule has 1 rings (SSSR count). The van der Waals surface area contributed by atoms with E-state index in [0.29, 0.717) is 47.6 Å². The van der Waals surface area contributed by atoms with Gasteiger partial charge in [-0.2, -0.15) is 0 Å². The van der Waals surface area contributed by atoms with Crippen LogP contribution in [0.5, 0.6) is 0 Å². The molecular formula is C21H44AlNO4. The molecule has 27 heavy (non-hydrogen) atoms. The Kier molecular flexibility index (Phi) is 12.9. The quantitative estimate of drug-likeness (QED) is 0.634. The van der Waals surface area contributed by atoms with Crippen molar-refractivity contribution in [1.29, 1.82) is 0 Å². The van der Waals surface area contributed by atoms with Crippen LogP contribution >= 0.6 is 0 Å². The van der Waals surface area contributed by atoms with Crippen LogP contribution in [0.4, 0.5) is 4.79 Å². The molecule has 0 radical (unpaired) electrons. The summed E-state index contributed by atoms with van der Waals surface area (Å²) in [5.74, 6) is 1.91. The molecule has 0 aromatic heterocycles. The number of hydrogen-bond acceptors (Lipinski definition) is 4. The lowest BCUT2D eigenvalue weighted by Crippen LogP contribution is -2.46. The first kappa shape index (κ1) is 26.7. The number of hydrogen-bond donors (Lipinski definition) is 2. The third-order valence-corrected chi connectivity index (χ3v) is 8.14. The fourth-order valence-electron chi connectivity index (χ4n) is 3.15. The van der Waals surface area contributed by atoms with E-state index in [-0.39, 0.29) is 24.7 Å². The van der Waals surface area contributed by atoms with Crippen LogP contribution in [0, 0.1) is 17.3 Å². The van der Waals surface area contributed by atoms with Crippen molar-refractivity contribution < 1.29 is 19.7 Å². The van der Waals surface area contributed by atoms with Gasteiger partial charge in [0.05, 0.1) is 0 Å². The van der Waals surface area contributed by atoms with Crippen LogP contribution in [-0.2, 0) is 4.74 Å². The van der Waals surface area contributed by atoms with Gasteiger partial charge in [-0.15, -0.1) is 0 Å². The molecule has 0 bridgehead atoms. The minimum absolute atomic E-state index is 0.0652. The van der Waals surface area contributed by atoms with Gasteiger partial charge < -0.3 is 19.8 Å². The van der Waals surface area contributed by atoms with Gasteiger partial charge in [-0.05, 0) is 45.4 Å². The van der Waals surface area contributed by atoms with Crippen molar-refractivity contribution >= 4 is 21.3 Å². The lowest BCUT2D eigenvalue weighted by Gasteiger charge is -2.40. The van der Waals surface area contributed by atoms with Gasteiger partial charge in [0.1, 0.15) is 5.60 Å². The van der Waals surface area contributed by atoms with Crippen LogP contribution in [0.2, 0.25) is 10.6 Å². The molecule has 1 aliphatic rings. The monoisotopic (exact) mass is 401 g/mol. The van der Waals surface area contributed by atoms with E-state index >= 15 is 0 Å². The van der Waals surface area contributed by atoms with Crippen molar-refractivity contribution in [1.82, 2.24) is 4.90 Å². The van der Waals surface area contributed by atoms with Crippen molar-refractivity contribution in [2.24, 2.45) is 17.3 Å². The normalized spacial score (nSPS) is 16.8. The van der Waals surface area contributed by atoms with E-state index in [4.69, 9.17) is 9.84 Å². The van der Waals surface area contributed by atoms with Crippen molar-refractivity contribution in [2.75, 3.05) is 26.3 Å². The number of piperidine rings is 1. The highest BCUT2D eigenvalue weighted by molar-refractivity contribution is 6.35. The molecular weight excluding hydrogens is 357 g/mol. The van der Waals surface area contributed by atoms with Crippen LogP contribution in [-0.4, -0.2) is 68.3 Å². The van der Waals surface area contributed by atoms with E-state index in [2.05, 4.69) is 27.7 Å². The Bertz CT molecular complexity index is 391. The summed E-state index contributed by atoms with van der Waals surface area (Å²) in [5, 5.41) is 21.5. The molecule has 1 aliphatic heterocycles. The summed E-state index contributed by atoms with van der Waals surface area (Å²) in [4.78, 5) is 13.5. The number of aliphatic hydroxyl groups excluding tert-OH is 2. The second-order valence-electron chi connectivity index (χ2n) is 9.82. The minimum atomic E-state index is -0.478. The van der Waals surface area contributed by atoms with E-state index in [1.54, 1.807) is 4.90 Å². The van der Waals surface area contributed by atoms with E-state index < -0.39 is 5.60 Å². The number of carbonyl (C=O) groups is 1. The van der Waals surface area contributed by atoms with Gasteiger partial charge in [0.15, 0.2) is 0 Å². The van der Waals surface area contributed by atoms with Crippen LogP contribution in [0.25, 0.3) is 0 Å². The van der Waals surface area contributed by atoms with Gasteiger partial charge in [0.25, 0.3) is 0 Å². The summed E-state index contributed by atoms with van der Waals surface area (Å²) in [6, 6.07) is 0. The molecule has 160 valence electrons. The van der Waals surface area contributed by atoms with Gasteiger partial charge in [0.2, 0.25) is 15.2 Å². The van der Waals surface area contributed by atoms with E-state index in [1.165, 1.54) is 10.6 Å². The molecule has 0 saturated carbocycles. The Hall–Kier alpha value is -0.278. The van der Waals surface area contributed by atoms with Crippen molar-refractivity contribution in [2.45, 2.75) is 83.9 Å². The molecule has 0 atom stereocenters. The summed E-state index contributed by atoms with van der Waals surface area (Å²) in [6.07, 6.45) is 1.72. The Labute approximate surface area is 173 Å². The average molecular weight is 402 g/mol. The average Bonchev–Trinajstić information content (AvgIpc) is 2.54. The molecule has 1 fully saturated rings. The summed E-state index contributed by atoms with van der Waals surface area (Å²) in [6.45, 7) is 16.1. The zero-order valence-corrected chi connectivity index (χ0v) is 20.3. The largest absolute Gasteiger partial charge is 0.444 e. The number of ether oxygens (including phenoxy) is 1. The zero-order chi connectivity index (χ0) is 21.1. The fraction of sp³-hybridized carbons (Fsp3) is 0.952. The van der Waals surface area contributed by atoms with E-state index in [9.17, 15) is 9.90 Å². The summed E-state index contributed by atoms with van der Waals surface area (Å²) < 4.78 is 5.31. The zero-order valence-electron chi connectivity index (χ0n) is 18.9. The SMILES string of the molecule is CC(C)(C)OC(=O)N1CCC(CO)(CCO)CC1.CC(C)[CH2][AlH][CH2]C(C)C. The summed E-state index contributed by atoms with van der Waals surface area (Å²) >= 11 is 0.316. The van der Waals surface area contributed by atoms with Gasteiger partial charge >= 0.3 is 6.09 Å². The van der Waals surface area contributed by atoms with Gasteiger partial charge in [-0.3, -0.25) is 0 Å². The van der Waals surface area contributed by atoms with Crippen molar-refractivity contribution in [3.8, 4) is 0 Å². The van der Waals surface area contributed by atoms with Crippen LogP contribution < -0.4 is 0 Å². The molecule has 5 nitrogen and oxygen atoms in total. The van der Waals surface area contributed by atoms with Gasteiger partial charge in [-0.1, -0.05) is 50.1 Å². The second-order valence-corrected chi connectivity index (χ2v) is 11.7. The van der Waals surface area contributed by atoms with Crippen LogP contribution in [0.1, 0.15) is 67.7 Å². The molecule has 0 aromatic carbocycles. The predicted molar refractivity (Wildman–Crippen MR) is 115 cm³/mol. The molecule has 0 aliphatic carbocycles. The maximum atomic E-state index is 11.9. The smallest absolute Gasteiger partial charge is 0.410 e. The Balaban J connectivity index is 0.000000636. The standard InChI is InChI=1S/C13H25NO4.2C4H9.Al.H/c1-12(2,3)18-11(17)14-7-4-13(10-16,5-8-14)6-9-15;2*1-4(2)3;;/h15-16H,4-10H2,1-3H3;2*4H,1H2,2-3H3;;. The third kappa shape index (κ3) is 12.7. The first-order valence-electron chi connectivity index (χ1n) is 10.6. The van der Waals surface area contributed by atoms with E-state index in [0.717, 1.165) is 11.8 Å². The highest BCUT2D eigenvalue weighted by Crippen LogP contribution is 2.34. The van der Waals surface area contributed by atoms with Crippen molar-refractivity contribution in [3.05, 3.63) is 0 Å². The third-order valence-electron chi connectivity index (χ3n) is 5.02. The first-order chi connectivity index (χ1) is 12.4. The van der Waals surface area contributed by atoms with Crippen LogP contribution in [0.15, 0.2) is 0 Å². The minimum Gasteiger partial charge on any atom is -0.444 e. The fourth-order valence-corrected chi connectivity index (χ4v) is 5.02. The predicted octanol–water partition coefficient (Wildman–Crippen LogP) is 3.95. The lowest BCUT2D eigenvalue weighted by atomic mass is 9.77. The molecule has 0 spiro atoms. The Morgan fingerprint density at radius 1 is 1.07 bits per heavy atom. The summed E-state index contributed by atoms with van der Waals surface area (Å²) in [7, 11) is 0. The second kappa shape index (κ2) is 13.0. The molecule has 0 unspecified atom stereocenters. The number of likely N-dealkylation sites (tertiary alicyclic amines) is 1. The molecule has 0 aromatic rings. The number of carbonyl (C=O) groups excluding carboxylic acids is 1. The molecule has 1 heterocycles. The number of aliphatic hydroxyl groups is 2. The van der Waals surface area contributed by atoms with E-state index in [1.807, 2.05) is 20.8 Å². The Morgan fingerprint density at radius 2 is 1.56 bits per heavy atom. The molecule has 1 amide bonds. The maximum absolute atomic E-state index is 11.9. The molecule has 6 heteroatoms.